The summed E-state index contributed by atoms with van der Waals surface area (Å²) in [7, 11) is 0. The molecule has 0 atom stereocenters. The maximum absolute atomic E-state index is 12.9. The standard InChI is InChI=1S/C15H13F2NO2/c1-10-7-12(17)5-6-14(10)18-15(19)9-20-13-4-2-3-11(16)8-13/h2-8H,9H2,1H3,(H,18,19). The number of carbonyl (C=O) groups excluding carboxylic acids is 1. The molecule has 1 N–H and O–H groups in total. The lowest BCUT2D eigenvalue weighted by molar-refractivity contribution is -0.118. The summed E-state index contributed by atoms with van der Waals surface area (Å²) in [5.41, 5.74) is 1.13. The molecule has 2 aromatic rings. The number of benzene rings is 2. The van der Waals surface area contributed by atoms with Crippen LogP contribution >= 0.6 is 0 Å². The van der Waals surface area contributed by atoms with Crippen LogP contribution in [-0.2, 0) is 4.79 Å². The number of nitrogens with one attached hydrogen (secondary N) is 1. The van der Waals surface area contributed by atoms with Crippen LogP contribution in [0.2, 0.25) is 0 Å². The van der Waals surface area contributed by atoms with Crippen molar-refractivity contribution in [2.75, 3.05) is 11.9 Å². The third-order valence-corrected chi connectivity index (χ3v) is 2.63. The Kier molecular flexibility index (Phi) is 4.30. The molecule has 0 saturated carbocycles. The third kappa shape index (κ3) is 3.78. The third-order valence-electron chi connectivity index (χ3n) is 2.63. The van der Waals surface area contributed by atoms with Crippen LogP contribution in [0.25, 0.3) is 0 Å². The summed E-state index contributed by atoms with van der Waals surface area (Å²) in [6.45, 7) is 1.44. The molecule has 0 radical (unpaired) electrons. The van der Waals surface area contributed by atoms with E-state index in [2.05, 4.69) is 5.32 Å². The Morgan fingerprint density at radius 3 is 2.60 bits per heavy atom. The maximum atomic E-state index is 12.9. The average Bonchev–Trinajstić information content (AvgIpc) is 2.40. The minimum absolute atomic E-state index is 0.250. The van der Waals surface area contributed by atoms with E-state index in [0.717, 1.165) is 0 Å². The highest BCUT2D eigenvalue weighted by molar-refractivity contribution is 5.92. The summed E-state index contributed by atoms with van der Waals surface area (Å²) in [4.78, 5) is 11.7. The Balaban J connectivity index is 1.92. The van der Waals surface area contributed by atoms with Crippen molar-refractivity contribution in [1.82, 2.24) is 0 Å². The molecule has 0 aliphatic heterocycles. The Morgan fingerprint density at radius 1 is 1.15 bits per heavy atom. The fourth-order valence-electron chi connectivity index (χ4n) is 1.66. The smallest absolute Gasteiger partial charge is 0.262 e. The van der Waals surface area contributed by atoms with Gasteiger partial charge in [0.2, 0.25) is 0 Å². The van der Waals surface area contributed by atoms with Gasteiger partial charge < -0.3 is 10.1 Å². The van der Waals surface area contributed by atoms with Gasteiger partial charge in [-0.3, -0.25) is 4.79 Å². The zero-order chi connectivity index (χ0) is 14.5. The van der Waals surface area contributed by atoms with Crippen LogP contribution in [0.5, 0.6) is 5.75 Å². The molecule has 1 amide bonds. The highest BCUT2D eigenvalue weighted by Crippen LogP contribution is 2.16. The Labute approximate surface area is 115 Å². The second-order valence-electron chi connectivity index (χ2n) is 4.25. The van der Waals surface area contributed by atoms with Crippen LogP contribution in [0.3, 0.4) is 0 Å². The largest absolute Gasteiger partial charge is 0.484 e. The molecule has 0 unspecified atom stereocenters. The molecule has 3 nitrogen and oxygen atoms in total. The highest BCUT2D eigenvalue weighted by atomic mass is 19.1. The van der Waals surface area contributed by atoms with Gasteiger partial charge >= 0.3 is 0 Å². The van der Waals surface area contributed by atoms with Gasteiger partial charge in [-0.2, -0.15) is 0 Å². The van der Waals surface area contributed by atoms with Crippen molar-refractivity contribution in [3.8, 4) is 5.75 Å². The summed E-state index contributed by atoms with van der Waals surface area (Å²) < 4.78 is 31.0. The summed E-state index contributed by atoms with van der Waals surface area (Å²) in [5, 5.41) is 2.60. The fraction of sp³-hybridized carbons (Fsp3) is 0.133. The number of hydrogen-bond donors (Lipinski definition) is 1. The van der Waals surface area contributed by atoms with E-state index in [4.69, 9.17) is 4.74 Å². The van der Waals surface area contributed by atoms with Gasteiger partial charge in [0.1, 0.15) is 17.4 Å². The number of aryl methyl sites for hydroxylation is 1. The van der Waals surface area contributed by atoms with Gasteiger partial charge in [-0.15, -0.1) is 0 Å². The van der Waals surface area contributed by atoms with E-state index in [1.165, 1.54) is 36.4 Å². The van der Waals surface area contributed by atoms with E-state index in [-0.39, 0.29) is 18.2 Å². The monoisotopic (exact) mass is 277 g/mol. The molecule has 0 bridgehead atoms. The number of rotatable bonds is 4. The quantitative estimate of drug-likeness (QED) is 0.931. The molecular formula is C15H13F2NO2. The van der Waals surface area contributed by atoms with Gasteiger partial charge in [0.25, 0.3) is 5.91 Å². The minimum Gasteiger partial charge on any atom is -0.484 e. The number of halogens is 2. The average molecular weight is 277 g/mol. The first-order chi connectivity index (χ1) is 9.54. The van der Waals surface area contributed by atoms with Crippen molar-refractivity contribution in [2.45, 2.75) is 6.92 Å². The minimum atomic E-state index is -0.433. The Hall–Kier alpha value is -2.43. The predicted octanol–water partition coefficient (Wildman–Crippen LogP) is 3.29. The van der Waals surface area contributed by atoms with Gasteiger partial charge in [0, 0.05) is 11.8 Å². The summed E-state index contributed by atoms with van der Waals surface area (Å²) >= 11 is 0. The molecule has 5 heteroatoms. The molecule has 104 valence electrons. The van der Waals surface area contributed by atoms with E-state index in [1.54, 1.807) is 13.0 Å². The first kappa shape index (κ1) is 14.0. The summed E-state index contributed by atoms with van der Waals surface area (Å²) in [5.74, 6) is -0.922. The molecule has 0 saturated heterocycles. The van der Waals surface area contributed by atoms with E-state index in [0.29, 0.717) is 11.3 Å². The van der Waals surface area contributed by atoms with Crippen LogP contribution in [-0.4, -0.2) is 12.5 Å². The van der Waals surface area contributed by atoms with E-state index in [9.17, 15) is 13.6 Å². The number of carbonyl (C=O) groups is 1. The number of ether oxygens (including phenoxy) is 1. The first-order valence-corrected chi connectivity index (χ1v) is 5.99. The van der Waals surface area contributed by atoms with Crippen LogP contribution in [0.15, 0.2) is 42.5 Å². The molecule has 2 aromatic carbocycles. The lowest BCUT2D eigenvalue weighted by Gasteiger charge is -2.09. The number of amides is 1. The molecule has 0 heterocycles. The second kappa shape index (κ2) is 6.14. The summed E-state index contributed by atoms with van der Waals surface area (Å²) in [6.07, 6.45) is 0. The normalized spacial score (nSPS) is 10.2. The Morgan fingerprint density at radius 2 is 1.90 bits per heavy atom. The predicted molar refractivity (Wildman–Crippen MR) is 71.7 cm³/mol. The van der Waals surface area contributed by atoms with Gasteiger partial charge in [0.05, 0.1) is 0 Å². The molecule has 20 heavy (non-hydrogen) atoms. The highest BCUT2D eigenvalue weighted by Gasteiger charge is 2.07. The van der Waals surface area contributed by atoms with Crippen molar-refractivity contribution < 1.29 is 18.3 Å². The molecular weight excluding hydrogens is 264 g/mol. The fourth-order valence-corrected chi connectivity index (χ4v) is 1.66. The first-order valence-electron chi connectivity index (χ1n) is 5.99. The number of anilines is 1. The summed E-state index contributed by atoms with van der Waals surface area (Å²) in [6, 6.07) is 9.58. The van der Waals surface area contributed by atoms with E-state index in [1.807, 2.05) is 0 Å². The van der Waals surface area contributed by atoms with Gasteiger partial charge in [-0.05, 0) is 42.8 Å². The maximum Gasteiger partial charge on any atom is 0.262 e. The van der Waals surface area contributed by atoms with Crippen molar-refractivity contribution in [2.24, 2.45) is 0 Å². The SMILES string of the molecule is Cc1cc(F)ccc1NC(=O)COc1cccc(F)c1. The van der Waals surface area contributed by atoms with Gasteiger partial charge in [-0.25, -0.2) is 8.78 Å². The van der Waals surface area contributed by atoms with E-state index < -0.39 is 11.7 Å². The topological polar surface area (TPSA) is 38.3 Å². The molecule has 0 spiro atoms. The lowest BCUT2D eigenvalue weighted by atomic mass is 10.2. The zero-order valence-corrected chi connectivity index (χ0v) is 10.8. The lowest BCUT2D eigenvalue weighted by Crippen LogP contribution is -2.20. The Bertz CT molecular complexity index is 629. The van der Waals surface area contributed by atoms with Crippen LogP contribution in [0.1, 0.15) is 5.56 Å². The van der Waals surface area contributed by atoms with Crippen LogP contribution < -0.4 is 10.1 Å². The molecule has 2 rings (SSSR count). The molecule has 0 aliphatic rings. The molecule has 0 aliphatic carbocycles. The van der Waals surface area contributed by atoms with Crippen molar-refractivity contribution in [1.29, 1.82) is 0 Å². The van der Waals surface area contributed by atoms with Crippen LogP contribution in [0.4, 0.5) is 14.5 Å². The van der Waals surface area contributed by atoms with E-state index >= 15 is 0 Å². The van der Waals surface area contributed by atoms with Crippen molar-refractivity contribution >= 4 is 11.6 Å². The molecule has 0 fully saturated rings. The number of hydrogen-bond acceptors (Lipinski definition) is 2. The van der Waals surface area contributed by atoms with Gasteiger partial charge in [-0.1, -0.05) is 6.07 Å². The van der Waals surface area contributed by atoms with Crippen LogP contribution in [0, 0.1) is 18.6 Å². The van der Waals surface area contributed by atoms with Crippen molar-refractivity contribution in [3.05, 3.63) is 59.7 Å². The zero-order valence-electron chi connectivity index (χ0n) is 10.8. The second-order valence-corrected chi connectivity index (χ2v) is 4.25. The molecule has 0 aromatic heterocycles. The van der Waals surface area contributed by atoms with Crippen molar-refractivity contribution in [3.63, 3.8) is 0 Å². The van der Waals surface area contributed by atoms with Gasteiger partial charge in [0.15, 0.2) is 6.61 Å².